The van der Waals surface area contributed by atoms with Crippen molar-refractivity contribution in [2.24, 2.45) is 0 Å². The van der Waals surface area contributed by atoms with Gasteiger partial charge >= 0.3 is 0 Å². The molecular weight excluding hydrogens is 328 g/mol. The van der Waals surface area contributed by atoms with Gasteiger partial charge < -0.3 is 0 Å². The Kier molecular flexibility index (Phi) is 20.6. The molecule has 0 aromatic rings. The molecule has 0 saturated heterocycles. The molecule has 0 fully saturated rings. The summed E-state index contributed by atoms with van der Waals surface area (Å²) in [6.45, 7) is 4.57. The second-order valence-corrected chi connectivity index (χ2v) is 9.17. The van der Waals surface area contributed by atoms with Crippen LogP contribution in [0.4, 0.5) is 0 Å². The first kappa shape index (κ1) is 24.7. The predicted molar refractivity (Wildman–Crippen MR) is 120 cm³/mol. The van der Waals surface area contributed by atoms with Gasteiger partial charge in [-0.25, -0.2) is 0 Å². The van der Waals surface area contributed by atoms with E-state index in [9.17, 15) is 0 Å². The predicted octanol–water partition coefficient (Wildman–Crippen LogP) is 8.64. The fourth-order valence-electron chi connectivity index (χ4n) is 3.35. The normalized spacial score (nSPS) is 14.0. The van der Waals surface area contributed by atoms with Gasteiger partial charge in [-0.1, -0.05) is 104 Å². The average Bonchev–Trinajstić information content (AvgIpc) is 2.58. The van der Waals surface area contributed by atoms with Crippen LogP contribution in [0.25, 0.3) is 0 Å². The summed E-state index contributed by atoms with van der Waals surface area (Å²) >= 11 is 9.57. The summed E-state index contributed by atoms with van der Waals surface area (Å²) in [7, 11) is 0. The van der Waals surface area contributed by atoms with E-state index in [4.69, 9.17) is 25.3 Å². The molecule has 0 aliphatic heterocycles. The van der Waals surface area contributed by atoms with Crippen LogP contribution >= 0.6 is 25.3 Å². The molecule has 0 N–H and O–H groups in total. The number of thiol groups is 2. The molecule has 2 heteroatoms. The molecule has 0 bridgehead atoms. The summed E-state index contributed by atoms with van der Waals surface area (Å²) < 4.78 is 0. The van der Waals surface area contributed by atoms with Crippen LogP contribution in [0.15, 0.2) is 0 Å². The van der Waals surface area contributed by atoms with Gasteiger partial charge in [0.1, 0.15) is 0 Å². The van der Waals surface area contributed by atoms with Crippen molar-refractivity contribution in [3.05, 3.63) is 0 Å². The van der Waals surface area contributed by atoms with Gasteiger partial charge in [0.2, 0.25) is 0 Å². The lowest BCUT2D eigenvalue weighted by Gasteiger charge is -2.14. The summed E-state index contributed by atoms with van der Waals surface area (Å²) in [5.41, 5.74) is 0. The Bertz CT molecular complexity index is 206. The van der Waals surface area contributed by atoms with Gasteiger partial charge in [0.15, 0.2) is 0 Å². The van der Waals surface area contributed by atoms with Crippen LogP contribution in [-0.4, -0.2) is 10.5 Å². The smallest absolute Gasteiger partial charge is 0.00172 e. The maximum absolute atomic E-state index is 4.79. The molecule has 0 aromatic heterocycles. The van der Waals surface area contributed by atoms with E-state index < -0.39 is 0 Å². The van der Waals surface area contributed by atoms with E-state index in [1.165, 1.54) is 116 Å². The minimum absolute atomic E-state index is 0.601. The Labute approximate surface area is 165 Å². The van der Waals surface area contributed by atoms with Gasteiger partial charge in [-0.05, 0) is 25.7 Å². The lowest BCUT2D eigenvalue weighted by molar-refractivity contribution is 0.536. The van der Waals surface area contributed by atoms with E-state index in [2.05, 4.69) is 13.8 Å². The van der Waals surface area contributed by atoms with E-state index in [0.29, 0.717) is 10.5 Å². The highest BCUT2D eigenvalue weighted by atomic mass is 32.1. The number of hydrogen-bond acceptors (Lipinski definition) is 2. The second-order valence-electron chi connectivity index (χ2n) is 7.70. The Morgan fingerprint density at radius 1 is 0.417 bits per heavy atom. The first-order valence-corrected chi connectivity index (χ1v) is 12.1. The molecule has 0 amide bonds. The first-order chi connectivity index (χ1) is 11.7. The third-order valence-corrected chi connectivity index (χ3v) is 6.15. The molecule has 0 saturated carbocycles. The zero-order chi connectivity index (χ0) is 17.9. The van der Waals surface area contributed by atoms with Gasteiger partial charge in [-0.15, -0.1) is 0 Å². The molecule has 0 aliphatic rings. The number of unbranched alkanes of at least 4 members (excludes halogenated alkanes) is 12. The summed E-state index contributed by atoms with van der Waals surface area (Å²) in [6.07, 6.45) is 24.8. The van der Waals surface area contributed by atoms with Crippen LogP contribution < -0.4 is 0 Å². The fourth-order valence-corrected chi connectivity index (χ4v) is 4.01. The highest BCUT2D eigenvalue weighted by molar-refractivity contribution is 7.81. The van der Waals surface area contributed by atoms with Crippen molar-refractivity contribution in [2.45, 2.75) is 140 Å². The van der Waals surface area contributed by atoms with Crippen molar-refractivity contribution in [3.8, 4) is 0 Å². The van der Waals surface area contributed by atoms with E-state index in [-0.39, 0.29) is 0 Å². The fraction of sp³-hybridized carbons (Fsp3) is 1.00. The average molecular weight is 375 g/mol. The monoisotopic (exact) mass is 374 g/mol. The third-order valence-electron chi connectivity index (χ3n) is 5.11. The molecule has 0 rings (SSSR count). The molecule has 146 valence electrons. The zero-order valence-corrected chi connectivity index (χ0v) is 18.6. The summed E-state index contributed by atoms with van der Waals surface area (Å²) in [6, 6.07) is 0. The molecule has 0 radical (unpaired) electrons. The van der Waals surface area contributed by atoms with E-state index >= 15 is 0 Å². The molecule has 2 atom stereocenters. The molecule has 2 unspecified atom stereocenters. The minimum atomic E-state index is 0.601. The summed E-state index contributed by atoms with van der Waals surface area (Å²) in [5.74, 6) is 0. The van der Waals surface area contributed by atoms with Crippen LogP contribution in [0.2, 0.25) is 0 Å². The molecular formula is C22H46S2. The Morgan fingerprint density at radius 3 is 1.04 bits per heavy atom. The SMILES string of the molecule is CCCCCCCCCC(S)CCC(S)CCCCCCCCC. The summed E-state index contributed by atoms with van der Waals surface area (Å²) in [4.78, 5) is 0. The third kappa shape index (κ3) is 19.0. The topological polar surface area (TPSA) is 0 Å². The lowest BCUT2D eigenvalue weighted by atomic mass is 10.0. The highest BCUT2D eigenvalue weighted by Crippen LogP contribution is 2.21. The summed E-state index contributed by atoms with van der Waals surface area (Å²) in [5, 5.41) is 1.20. The van der Waals surface area contributed by atoms with E-state index in [1.807, 2.05) is 0 Å². The Hall–Kier alpha value is 0.700. The molecule has 0 aliphatic carbocycles. The Balaban J connectivity index is 3.31. The molecule has 24 heavy (non-hydrogen) atoms. The van der Waals surface area contributed by atoms with Crippen molar-refractivity contribution in [3.63, 3.8) is 0 Å². The Morgan fingerprint density at radius 2 is 0.708 bits per heavy atom. The highest BCUT2D eigenvalue weighted by Gasteiger charge is 2.08. The van der Waals surface area contributed by atoms with Gasteiger partial charge in [0.05, 0.1) is 0 Å². The van der Waals surface area contributed by atoms with Crippen LogP contribution in [-0.2, 0) is 0 Å². The number of hydrogen-bond donors (Lipinski definition) is 2. The van der Waals surface area contributed by atoms with Crippen molar-refractivity contribution in [1.29, 1.82) is 0 Å². The molecule has 0 heterocycles. The van der Waals surface area contributed by atoms with Crippen LogP contribution in [0.1, 0.15) is 129 Å². The maximum atomic E-state index is 4.79. The lowest BCUT2D eigenvalue weighted by Crippen LogP contribution is -2.05. The zero-order valence-electron chi connectivity index (χ0n) is 16.8. The van der Waals surface area contributed by atoms with Crippen LogP contribution in [0.5, 0.6) is 0 Å². The van der Waals surface area contributed by atoms with Crippen molar-refractivity contribution in [1.82, 2.24) is 0 Å². The van der Waals surface area contributed by atoms with E-state index in [0.717, 1.165) is 0 Å². The van der Waals surface area contributed by atoms with Crippen LogP contribution in [0, 0.1) is 0 Å². The standard InChI is InChI=1S/C22H46S2/c1-3-5-7-9-11-13-15-17-21(23)19-20-22(24)18-16-14-12-10-8-6-4-2/h21-24H,3-20H2,1-2H3. The van der Waals surface area contributed by atoms with Crippen LogP contribution in [0.3, 0.4) is 0 Å². The number of rotatable bonds is 19. The van der Waals surface area contributed by atoms with Gasteiger partial charge in [-0.2, -0.15) is 25.3 Å². The second kappa shape index (κ2) is 20.0. The minimum Gasteiger partial charge on any atom is -0.176 e. The van der Waals surface area contributed by atoms with Gasteiger partial charge in [0.25, 0.3) is 0 Å². The van der Waals surface area contributed by atoms with E-state index in [1.54, 1.807) is 0 Å². The van der Waals surface area contributed by atoms with Gasteiger partial charge in [-0.3, -0.25) is 0 Å². The van der Waals surface area contributed by atoms with Crippen molar-refractivity contribution < 1.29 is 0 Å². The molecule has 0 spiro atoms. The maximum Gasteiger partial charge on any atom is 0.00172 e. The van der Waals surface area contributed by atoms with Gasteiger partial charge in [0, 0.05) is 10.5 Å². The van der Waals surface area contributed by atoms with Crippen molar-refractivity contribution >= 4 is 25.3 Å². The van der Waals surface area contributed by atoms with Crippen molar-refractivity contribution in [2.75, 3.05) is 0 Å². The largest absolute Gasteiger partial charge is 0.176 e. The first-order valence-electron chi connectivity index (χ1n) is 11.1. The quantitative estimate of drug-likeness (QED) is 0.164. The molecule has 0 nitrogen and oxygen atoms in total. The molecule has 0 aromatic carbocycles.